The fourth-order valence-electron chi connectivity index (χ4n) is 1.53. The maximum atomic E-state index is 10.9. The van der Waals surface area contributed by atoms with Crippen molar-refractivity contribution in [2.75, 3.05) is 0 Å². The summed E-state index contributed by atoms with van der Waals surface area (Å²) in [5.74, 6) is 0. The van der Waals surface area contributed by atoms with E-state index in [4.69, 9.17) is 0 Å². The van der Waals surface area contributed by atoms with E-state index in [-0.39, 0.29) is 5.41 Å². The zero-order valence-corrected chi connectivity index (χ0v) is 10.1. The monoisotopic (exact) mass is 210 g/mol. The van der Waals surface area contributed by atoms with E-state index in [9.17, 15) is 9.59 Å². The van der Waals surface area contributed by atoms with Gasteiger partial charge < -0.3 is 9.59 Å². The van der Waals surface area contributed by atoms with Crippen LogP contribution in [0, 0.1) is 5.41 Å². The van der Waals surface area contributed by atoms with E-state index < -0.39 is 0 Å². The van der Waals surface area contributed by atoms with Gasteiger partial charge in [0, 0.05) is 11.8 Å². The minimum atomic E-state index is -0.309. The number of unbranched alkanes of at least 4 members (excludes halogenated alkanes) is 1. The number of hydrogen-bond acceptors (Lipinski definition) is 2. The highest BCUT2D eigenvalue weighted by molar-refractivity contribution is 5.60. The van der Waals surface area contributed by atoms with Crippen LogP contribution in [-0.2, 0) is 9.59 Å². The average molecular weight is 210 g/mol. The molecule has 2 heteroatoms. The second-order valence-corrected chi connectivity index (χ2v) is 4.65. The molecule has 2 nitrogen and oxygen atoms in total. The van der Waals surface area contributed by atoms with Crippen molar-refractivity contribution in [1.29, 1.82) is 0 Å². The van der Waals surface area contributed by atoms with Gasteiger partial charge in [-0.15, -0.1) is 0 Å². The fraction of sp³-hybridized carbons (Fsp3) is 0.692. The molecule has 0 saturated carbocycles. The van der Waals surface area contributed by atoms with Gasteiger partial charge in [-0.3, -0.25) is 0 Å². The molecule has 0 radical (unpaired) electrons. The molecule has 0 aromatic heterocycles. The van der Waals surface area contributed by atoms with Gasteiger partial charge in [-0.25, -0.2) is 0 Å². The van der Waals surface area contributed by atoms with Gasteiger partial charge >= 0.3 is 0 Å². The standard InChI is InChI=1S/C13H22O2/c1-12(2)7-4-5-8-13(3,11-15)9-6-10-14/h7,10-11H,4-6,8-9H2,1-3H3. The Balaban J connectivity index is 3.92. The van der Waals surface area contributed by atoms with Crippen molar-refractivity contribution in [3.63, 3.8) is 0 Å². The maximum Gasteiger partial charge on any atom is 0.125 e. The van der Waals surface area contributed by atoms with Crippen molar-refractivity contribution in [3.05, 3.63) is 11.6 Å². The van der Waals surface area contributed by atoms with Gasteiger partial charge in [-0.2, -0.15) is 0 Å². The summed E-state index contributed by atoms with van der Waals surface area (Å²) in [6, 6.07) is 0. The summed E-state index contributed by atoms with van der Waals surface area (Å²) in [7, 11) is 0. The lowest BCUT2D eigenvalue weighted by Gasteiger charge is -2.21. The Morgan fingerprint density at radius 2 is 1.80 bits per heavy atom. The Labute approximate surface area is 92.8 Å². The van der Waals surface area contributed by atoms with Crippen LogP contribution in [0.2, 0.25) is 0 Å². The van der Waals surface area contributed by atoms with Crippen molar-refractivity contribution in [2.24, 2.45) is 5.41 Å². The number of allylic oxidation sites excluding steroid dienone is 2. The van der Waals surface area contributed by atoms with Crippen LogP contribution in [0.3, 0.4) is 0 Å². The van der Waals surface area contributed by atoms with Gasteiger partial charge in [-0.05, 0) is 39.5 Å². The summed E-state index contributed by atoms with van der Waals surface area (Å²) in [6.45, 7) is 6.09. The quantitative estimate of drug-likeness (QED) is 0.350. The molecule has 0 fully saturated rings. The molecule has 0 bridgehead atoms. The van der Waals surface area contributed by atoms with Gasteiger partial charge in [0.05, 0.1) is 0 Å². The number of hydrogen-bond donors (Lipinski definition) is 0. The van der Waals surface area contributed by atoms with E-state index in [1.807, 2.05) is 6.92 Å². The molecular weight excluding hydrogens is 188 g/mol. The predicted octanol–water partition coefficient (Wildman–Crippen LogP) is 3.31. The predicted molar refractivity (Wildman–Crippen MR) is 62.8 cm³/mol. The summed E-state index contributed by atoms with van der Waals surface area (Å²) in [6.07, 6.45) is 8.13. The van der Waals surface area contributed by atoms with Crippen molar-refractivity contribution in [3.8, 4) is 0 Å². The third-order valence-corrected chi connectivity index (χ3v) is 2.62. The van der Waals surface area contributed by atoms with Crippen LogP contribution in [0.4, 0.5) is 0 Å². The lowest BCUT2D eigenvalue weighted by atomic mass is 9.82. The topological polar surface area (TPSA) is 34.1 Å². The van der Waals surface area contributed by atoms with Crippen molar-refractivity contribution in [2.45, 2.75) is 52.9 Å². The van der Waals surface area contributed by atoms with Crippen LogP contribution in [-0.4, -0.2) is 12.6 Å². The Morgan fingerprint density at radius 3 is 2.27 bits per heavy atom. The van der Waals surface area contributed by atoms with E-state index in [1.54, 1.807) is 0 Å². The molecule has 0 N–H and O–H groups in total. The molecule has 0 amide bonds. The largest absolute Gasteiger partial charge is 0.303 e. The Bertz CT molecular complexity index is 227. The first-order valence-corrected chi connectivity index (χ1v) is 5.57. The fourth-order valence-corrected chi connectivity index (χ4v) is 1.53. The number of carbonyl (C=O) groups is 2. The number of rotatable bonds is 8. The highest BCUT2D eigenvalue weighted by atomic mass is 16.1. The first kappa shape index (κ1) is 14.1. The van der Waals surface area contributed by atoms with E-state index in [0.717, 1.165) is 31.8 Å². The summed E-state index contributed by atoms with van der Waals surface area (Å²) in [5, 5.41) is 0. The van der Waals surface area contributed by atoms with Crippen LogP contribution in [0.15, 0.2) is 11.6 Å². The molecule has 0 aliphatic carbocycles. The molecule has 1 atom stereocenters. The van der Waals surface area contributed by atoms with E-state index in [2.05, 4.69) is 19.9 Å². The lowest BCUT2D eigenvalue weighted by molar-refractivity contribution is -0.116. The van der Waals surface area contributed by atoms with Gasteiger partial charge in [0.25, 0.3) is 0 Å². The minimum absolute atomic E-state index is 0.309. The zero-order valence-electron chi connectivity index (χ0n) is 10.1. The van der Waals surface area contributed by atoms with Crippen LogP contribution < -0.4 is 0 Å². The van der Waals surface area contributed by atoms with Gasteiger partial charge in [0.1, 0.15) is 12.6 Å². The van der Waals surface area contributed by atoms with Crippen LogP contribution >= 0.6 is 0 Å². The van der Waals surface area contributed by atoms with E-state index >= 15 is 0 Å². The second-order valence-electron chi connectivity index (χ2n) is 4.65. The average Bonchev–Trinajstić information content (AvgIpc) is 2.21. The number of carbonyl (C=O) groups excluding carboxylic acids is 2. The van der Waals surface area contributed by atoms with Gasteiger partial charge in [0.2, 0.25) is 0 Å². The van der Waals surface area contributed by atoms with Crippen LogP contribution in [0.25, 0.3) is 0 Å². The molecule has 1 unspecified atom stereocenters. The maximum absolute atomic E-state index is 10.9. The minimum Gasteiger partial charge on any atom is -0.303 e. The number of aldehydes is 2. The summed E-state index contributed by atoms with van der Waals surface area (Å²) in [4.78, 5) is 21.2. The summed E-state index contributed by atoms with van der Waals surface area (Å²) < 4.78 is 0. The summed E-state index contributed by atoms with van der Waals surface area (Å²) in [5.41, 5.74) is 1.01. The molecule has 0 aliphatic rings. The third kappa shape index (κ3) is 7.06. The first-order valence-electron chi connectivity index (χ1n) is 5.57. The van der Waals surface area contributed by atoms with Crippen molar-refractivity contribution < 1.29 is 9.59 Å². The molecular formula is C13H22O2. The van der Waals surface area contributed by atoms with E-state index in [0.29, 0.717) is 12.8 Å². The smallest absolute Gasteiger partial charge is 0.125 e. The second kappa shape index (κ2) is 7.38. The van der Waals surface area contributed by atoms with Crippen LogP contribution in [0.5, 0.6) is 0 Å². The Morgan fingerprint density at radius 1 is 1.13 bits per heavy atom. The first-order chi connectivity index (χ1) is 7.04. The van der Waals surface area contributed by atoms with Crippen molar-refractivity contribution in [1.82, 2.24) is 0 Å². The van der Waals surface area contributed by atoms with Gasteiger partial charge in [-0.1, -0.05) is 18.6 Å². The van der Waals surface area contributed by atoms with E-state index in [1.165, 1.54) is 5.57 Å². The molecule has 0 saturated heterocycles. The molecule has 0 aromatic carbocycles. The molecule has 0 aromatic rings. The molecule has 86 valence electrons. The van der Waals surface area contributed by atoms with Crippen LogP contribution in [0.1, 0.15) is 52.9 Å². The SMILES string of the molecule is CC(C)=CCCCC(C)(C=O)CCC=O. The Hall–Kier alpha value is -0.920. The molecule has 0 heterocycles. The highest BCUT2D eigenvalue weighted by Crippen LogP contribution is 2.27. The molecule has 0 aliphatic heterocycles. The Kier molecular flexibility index (Phi) is 6.93. The molecule has 0 spiro atoms. The zero-order chi connectivity index (χ0) is 11.7. The summed E-state index contributed by atoms with van der Waals surface area (Å²) >= 11 is 0. The molecule has 0 rings (SSSR count). The lowest BCUT2D eigenvalue weighted by Crippen LogP contribution is -2.18. The third-order valence-electron chi connectivity index (χ3n) is 2.62. The normalized spacial score (nSPS) is 14.1. The van der Waals surface area contributed by atoms with Gasteiger partial charge in [0.15, 0.2) is 0 Å². The highest BCUT2D eigenvalue weighted by Gasteiger charge is 2.21. The van der Waals surface area contributed by atoms with Crippen molar-refractivity contribution >= 4 is 12.6 Å². The molecule has 15 heavy (non-hydrogen) atoms.